The van der Waals surface area contributed by atoms with Crippen LogP contribution in [0, 0.1) is 26.6 Å². The molecular formula is C26H25ClFN5O3. The molecule has 3 aromatic heterocycles. The molecule has 0 aliphatic heterocycles. The van der Waals surface area contributed by atoms with Crippen molar-refractivity contribution in [3.63, 3.8) is 0 Å². The van der Waals surface area contributed by atoms with Crippen molar-refractivity contribution in [2.24, 2.45) is 0 Å². The van der Waals surface area contributed by atoms with E-state index in [4.69, 9.17) is 16.3 Å². The fraction of sp³-hybridized carbons (Fsp3) is 0.269. The topological polar surface area (TPSA) is 103 Å². The number of nitrogens with zero attached hydrogens (tertiary/aromatic N) is 5. The number of aryl methyl sites for hydroxylation is 3. The Morgan fingerprint density at radius 1 is 1.11 bits per heavy atom. The highest BCUT2D eigenvalue weighted by molar-refractivity contribution is 6.31. The van der Waals surface area contributed by atoms with Crippen molar-refractivity contribution >= 4 is 11.6 Å². The van der Waals surface area contributed by atoms with Crippen molar-refractivity contribution < 1.29 is 14.2 Å². The van der Waals surface area contributed by atoms with E-state index < -0.39 is 17.0 Å². The number of rotatable bonds is 6. The molecule has 0 saturated carbocycles. The largest absolute Gasteiger partial charge is 0.470 e. The lowest BCUT2D eigenvalue weighted by Crippen LogP contribution is -2.24. The highest BCUT2D eigenvalue weighted by atomic mass is 35.5. The van der Waals surface area contributed by atoms with Gasteiger partial charge in [0.15, 0.2) is 16.7 Å². The van der Waals surface area contributed by atoms with Gasteiger partial charge >= 0.3 is 0 Å². The minimum atomic E-state index is -1.36. The van der Waals surface area contributed by atoms with Crippen molar-refractivity contribution in [3.8, 4) is 22.8 Å². The van der Waals surface area contributed by atoms with E-state index in [-0.39, 0.29) is 29.0 Å². The highest BCUT2D eigenvalue weighted by Crippen LogP contribution is 2.28. The van der Waals surface area contributed by atoms with E-state index in [9.17, 15) is 14.3 Å². The predicted octanol–water partition coefficient (Wildman–Crippen LogP) is 4.61. The van der Waals surface area contributed by atoms with Gasteiger partial charge in [0.1, 0.15) is 23.7 Å². The molecule has 4 aromatic rings. The normalized spacial score (nSPS) is 11.6. The molecule has 0 aliphatic rings. The molecular weight excluding hydrogens is 485 g/mol. The summed E-state index contributed by atoms with van der Waals surface area (Å²) < 4.78 is 21.7. The van der Waals surface area contributed by atoms with E-state index in [1.54, 1.807) is 31.2 Å². The van der Waals surface area contributed by atoms with Gasteiger partial charge in [-0.25, -0.2) is 14.4 Å². The molecule has 0 saturated heterocycles. The van der Waals surface area contributed by atoms with Crippen molar-refractivity contribution in [1.29, 1.82) is 0 Å². The molecule has 0 amide bonds. The van der Waals surface area contributed by atoms with Crippen LogP contribution in [0.3, 0.4) is 0 Å². The van der Waals surface area contributed by atoms with Gasteiger partial charge in [0.2, 0.25) is 5.88 Å². The number of halogens is 2. The molecule has 4 rings (SSSR count). The van der Waals surface area contributed by atoms with Crippen LogP contribution < -0.4 is 10.3 Å². The number of hydrogen-bond donors (Lipinski definition) is 1. The Kier molecular flexibility index (Phi) is 6.88. The lowest BCUT2D eigenvalue weighted by Gasteiger charge is -2.18. The minimum Gasteiger partial charge on any atom is -0.470 e. The van der Waals surface area contributed by atoms with E-state index in [1.807, 2.05) is 26.0 Å². The molecule has 36 heavy (non-hydrogen) atoms. The summed E-state index contributed by atoms with van der Waals surface area (Å²) in [6, 6.07) is 10.6. The van der Waals surface area contributed by atoms with Crippen molar-refractivity contribution in [2.45, 2.75) is 46.8 Å². The number of aromatic nitrogens is 5. The molecule has 0 fully saturated rings. The number of pyridine rings is 1. The fourth-order valence-corrected chi connectivity index (χ4v) is 3.83. The van der Waals surface area contributed by atoms with Crippen LogP contribution in [-0.2, 0) is 12.2 Å². The molecule has 0 atom stereocenters. The zero-order valence-electron chi connectivity index (χ0n) is 20.5. The van der Waals surface area contributed by atoms with Crippen LogP contribution in [0.2, 0.25) is 5.02 Å². The lowest BCUT2D eigenvalue weighted by atomic mass is 10.1. The zero-order valence-corrected chi connectivity index (χ0v) is 21.3. The first kappa shape index (κ1) is 25.4. The second kappa shape index (κ2) is 9.75. The van der Waals surface area contributed by atoms with Crippen LogP contribution in [0.5, 0.6) is 5.88 Å². The molecule has 0 unspecified atom stereocenters. The summed E-state index contributed by atoms with van der Waals surface area (Å²) in [6.45, 7) is 8.46. The average molecular weight is 510 g/mol. The smallest absolute Gasteiger partial charge is 0.280 e. The summed E-state index contributed by atoms with van der Waals surface area (Å²) >= 11 is 6.37. The molecule has 8 nitrogen and oxygen atoms in total. The van der Waals surface area contributed by atoms with Gasteiger partial charge in [-0.1, -0.05) is 29.8 Å². The number of benzene rings is 1. The van der Waals surface area contributed by atoms with Gasteiger partial charge < -0.3 is 9.84 Å². The number of aliphatic hydroxyl groups is 1. The van der Waals surface area contributed by atoms with Gasteiger partial charge in [0.05, 0.1) is 17.6 Å². The summed E-state index contributed by atoms with van der Waals surface area (Å²) in [4.78, 5) is 30.2. The molecule has 1 aromatic carbocycles. The van der Waals surface area contributed by atoms with Crippen molar-refractivity contribution in [2.75, 3.05) is 0 Å². The van der Waals surface area contributed by atoms with E-state index >= 15 is 0 Å². The zero-order chi connectivity index (χ0) is 26.2. The van der Waals surface area contributed by atoms with Gasteiger partial charge in [0, 0.05) is 11.3 Å². The molecule has 0 bridgehead atoms. The predicted molar refractivity (Wildman–Crippen MR) is 134 cm³/mol. The molecule has 186 valence electrons. The van der Waals surface area contributed by atoms with Crippen molar-refractivity contribution in [1.82, 2.24) is 24.5 Å². The molecule has 3 heterocycles. The average Bonchev–Trinajstić information content (AvgIpc) is 2.81. The monoisotopic (exact) mass is 509 g/mol. The summed E-state index contributed by atoms with van der Waals surface area (Å²) in [5.74, 6) is -0.253. The van der Waals surface area contributed by atoms with Gasteiger partial charge in [-0.3, -0.25) is 14.3 Å². The maximum Gasteiger partial charge on any atom is 0.280 e. The Hall–Kier alpha value is -3.69. The molecule has 0 radical (unpaired) electrons. The molecule has 1 N–H and O–H groups in total. The highest BCUT2D eigenvalue weighted by Gasteiger charge is 2.23. The summed E-state index contributed by atoms with van der Waals surface area (Å²) in [5.41, 5.74) is 1.22. The standard InChI is InChI=1S/C26H25ClFN5O3/c1-14-9-10-17(22-19(28)12-29-25(32-22)26(4,5)35)11-20(14)33-16(3)31-23(21(27)24(33)34)36-13-18-8-6-7-15(2)30-18/h6-12,35H,13H2,1-5H3. The second-order valence-electron chi connectivity index (χ2n) is 8.93. The van der Waals surface area contributed by atoms with E-state index in [1.165, 1.54) is 18.4 Å². The van der Waals surface area contributed by atoms with E-state index in [0.717, 1.165) is 17.5 Å². The third kappa shape index (κ3) is 5.12. The van der Waals surface area contributed by atoms with Crippen LogP contribution in [-0.4, -0.2) is 29.6 Å². The number of hydrogen-bond acceptors (Lipinski definition) is 7. The van der Waals surface area contributed by atoms with Crippen LogP contribution in [0.1, 0.15) is 42.4 Å². The third-order valence-corrected chi connectivity index (χ3v) is 5.81. The quantitative estimate of drug-likeness (QED) is 0.405. The Bertz CT molecular complexity index is 1510. The second-order valence-corrected chi connectivity index (χ2v) is 9.31. The molecule has 0 aliphatic carbocycles. The Morgan fingerprint density at radius 2 is 1.86 bits per heavy atom. The molecule has 10 heteroatoms. The molecule has 0 spiro atoms. The maximum atomic E-state index is 14.7. The third-order valence-electron chi connectivity index (χ3n) is 5.48. The summed E-state index contributed by atoms with van der Waals surface area (Å²) in [5, 5.41) is 10.1. The Balaban J connectivity index is 1.75. The SMILES string of the molecule is Cc1cccc(COc2nc(C)n(-c3cc(-c4nc(C(C)(C)O)ncc4F)ccc3C)c(=O)c2Cl)n1. The van der Waals surface area contributed by atoms with Gasteiger partial charge in [-0.2, -0.15) is 4.98 Å². The first-order valence-electron chi connectivity index (χ1n) is 11.2. The summed E-state index contributed by atoms with van der Waals surface area (Å²) in [6.07, 6.45) is 1.01. The Labute approximate surface area is 212 Å². The lowest BCUT2D eigenvalue weighted by molar-refractivity contribution is 0.0686. The first-order valence-corrected chi connectivity index (χ1v) is 11.5. The van der Waals surface area contributed by atoms with Gasteiger partial charge in [-0.15, -0.1) is 0 Å². The minimum absolute atomic E-state index is 0.00117. The van der Waals surface area contributed by atoms with Crippen LogP contribution in [0.25, 0.3) is 16.9 Å². The van der Waals surface area contributed by atoms with Crippen molar-refractivity contribution in [3.05, 3.63) is 92.4 Å². The summed E-state index contributed by atoms with van der Waals surface area (Å²) in [7, 11) is 0. The van der Waals surface area contributed by atoms with E-state index in [0.29, 0.717) is 22.8 Å². The van der Waals surface area contributed by atoms with Gasteiger partial charge in [0.25, 0.3) is 5.56 Å². The van der Waals surface area contributed by atoms with Crippen LogP contribution in [0.15, 0.2) is 47.4 Å². The van der Waals surface area contributed by atoms with Gasteiger partial charge in [-0.05, 0) is 58.4 Å². The number of ether oxygens (including phenoxy) is 1. The van der Waals surface area contributed by atoms with Crippen LogP contribution >= 0.6 is 11.6 Å². The van der Waals surface area contributed by atoms with Crippen LogP contribution in [0.4, 0.5) is 4.39 Å². The fourth-order valence-electron chi connectivity index (χ4n) is 3.65. The maximum absolute atomic E-state index is 14.7. The first-order chi connectivity index (χ1) is 17.0. The van der Waals surface area contributed by atoms with E-state index in [2.05, 4.69) is 19.9 Å². The Morgan fingerprint density at radius 3 is 2.56 bits per heavy atom.